The van der Waals surface area contributed by atoms with E-state index >= 15 is 0 Å². The van der Waals surface area contributed by atoms with Gasteiger partial charge >= 0.3 is 5.97 Å². The van der Waals surface area contributed by atoms with Crippen molar-refractivity contribution in [3.05, 3.63) is 52.1 Å². The van der Waals surface area contributed by atoms with Crippen molar-refractivity contribution < 1.29 is 19.1 Å². The van der Waals surface area contributed by atoms with Crippen LogP contribution in [-0.4, -0.2) is 22.0 Å². The molecule has 0 atom stereocenters. The number of aryl methyl sites for hydroxylation is 1. The highest BCUT2D eigenvalue weighted by atomic mass is 35.5. The first-order chi connectivity index (χ1) is 9.40. The van der Waals surface area contributed by atoms with E-state index < -0.39 is 17.7 Å². The fourth-order valence-electron chi connectivity index (χ4n) is 1.76. The molecule has 2 rings (SSSR count). The maximum absolute atomic E-state index is 12.9. The number of hydrogen-bond donors (Lipinski definition) is 3. The van der Waals surface area contributed by atoms with E-state index in [9.17, 15) is 14.0 Å². The van der Waals surface area contributed by atoms with Crippen LogP contribution >= 0.6 is 11.6 Å². The van der Waals surface area contributed by atoms with Crippen molar-refractivity contribution in [1.29, 1.82) is 0 Å². The van der Waals surface area contributed by atoms with E-state index in [4.69, 9.17) is 16.7 Å². The van der Waals surface area contributed by atoms with Crippen molar-refractivity contribution in [3.8, 4) is 0 Å². The van der Waals surface area contributed by atoms with Crippen LogP contribution in [0, 0.1) is 12.7 Å². The highest BCUT2D eigenvalue weighted by molar-refractivity contribution is 6.34. The van der Waals surface area contributed by atoms with Crippen LogP contribution in [0.2, 0.25) is 5.02 Å². The minimum atomic E-state index is -1.16. The normalized spacial score (nSPS) is 10.3. The topological polar surface area (TPSA) is 82.2 Å². The van der Waals surface area contributed by atoms with Gasteiger partial charge in [-0.25, -0.2) is 9.18 Å². The molecular weight excluding hydrogens is 287 g/mol. The molecule has 0 aliphatic rings. The molecule has 1 aromatic carbocycles. The third-order valence-electron chi connectivity index (χ3n) is 2.72. The number of aromatic carboxylic acids is 1. The highest BCUT2D eigenvalue weighted by Gasteiger charge is 2.19. The Bertz CT molecular complexity index is 697. The number of carboxylic acids is 1. The van der Waals surface area contributed by atoms with Crippen LogP contribution in [0.4, 0.5) is 10.1 Å². The summed E-state index contributed by atoms with van der Waals surface area (Å²) in [5.41, 5.74) is 0.568. The molecule has 5 nitrogen and oxygen atoms in total. The molecule has 2 aromatic rings. The largest absolute Gasteiger partial charge is 0.478 e. The van der Waals surface area contributed by atoms with Crippen LogP contribution in [0.25, 0.3) is 0 Å². The zero-order valence-electron chi connectivity index (χ0n) is 10.3. The smallest absolute Gasteiger partial charge is 0.339 e. The van der Waals surface area contributed by atoms with Crippen molar-refractivity contribution in [2.45, 2.75) is 6.92 Å². The summed E-state index contributed by atoms with van der Waals surface area (Å²) in [6.07, 6.45) is 1.37. The number of nitrogens with one attached hydrogen (secondary N) is 2. The first-order valence-electron chi connectivity index (χ1n) is 5.58. The SMILES string of the molecule is Cc1[nH]cc(NC(=O)c2ccc(F)cc2Cl)c1C(=O)O. The molecule has 0 fully saturated rings. The molecule has 1 aromatic heterocycles. The summed E-state index contributed by atoms with van der Waals surface area (Å²) in [4.78, 5) is 25.8. The van der Waals surface area contributed by atoms with Crippen molar-refractivity contribution in [2.75, 3.05) is 5.32 Å². The van der Waals surface area contributed by atoms with Gasteiger partial charge in [0.25, 0.3) is 5.91 Å². The number of benzene rings is 1. The molecule has 1 heterocycles. The van der Waals surface area contributed by atoms with Gasteiger partial charge in [0.05, 0.1) is 16.3 Å². The van der Waals surface area contributed by atoms with Gasteiger partial charge in [0.2, 0.25) is 0 Å². The molecule has 0 spiro atoms. The number of carboxylic acid groups (broad SMARTS) is 1. The van der Waals surface area contributed by atoms with E-state index in [1.165, 1.54) is 12.3 Å². The predicted octanol–water partition coefficient (Wildman–Crippen LogP) is 3.07. The van der Waals surface area contributed by atoms with Gasteiger partial charge in [-0.05, 0) is 25.1 Å². The van der Waals surface area contributed by atoms with E-state index in [1.54, 1.807) is 6.92 Å². The molecule has 0 aliphatic carbocycles. The molecule has 104 valence electrons. The number of amides is 1. The third-order valence-corrected chi connectivity index (χ3v) is 3.03. The summed E-state index contributed by atoms with van der Waals surface area (Å²) in [7, 11) is 0. The Morgan fingerprint density at radius 2 is 2.10 bits per heavy atom. The molecule has 7 heteroatoms. The van der Waals surface area contributed by atoms with E-state index in [-0.39, 0.29) is 21.8 Å². The highest BCUT2D eigenvalue weighted by Crippen LogP contribution is 2.22. The molecule has 3 N–H and O–H groups in total. The molecule has 0 radical (unpaired) electrons. The maximum atomic E-state index is 12.9. The first-order valence-corrected chi connectivity index (χ1v) is 5.95. The van der Waals surface area contributed by atoms with Crippen molar-refractivity contribution in [2.24, 2.45) is 0 Å². The Balaban J connectivity index is 2.31. The molecule has 0 saturated heterocycles. The van der Waals surface area contributed by atoms with Crippen LogP contribution in [0.3, 0.4) is 0 Å². The van der Waals surface area contributed by atoms with Gasteiger partial charge in [-0.3, -0.25) is 4.79 Å². The number of carbonyl (C=O) groups is 2. The Kier molecular flexibility index (Phi) is 3.76. The second-order valence-corrected chi connectivity index (χ2v) is 4.49. The van der Waals surface area contributed by atoms with Gasteiger partial charge in [0, 0.05) is 11.9 Å². The van der Waals surface area contributed by atoms with Crippen LogP contribution in [-0.2, 0) is 0 Å². The van der Waals surface area contributed by atoms with Crippen molar-refractivity contribution >= 4 is 29.2 Å². The van der Waals surface area contributed by atoms with Crippen LogP contribution in [0.15, 0.2) is 24.4 Å². The summed E-state index contributed by atoms with van der Waals surface area (Å²) in [5, 5.41) is 11.4. The quantitative estimate of drug-likeness (QED) is 0.814. The Morgan fingerprint density at radius 1 is 1.40 bits per heavy atom. The lowest BCUT2D eigenvalue weighted by atomic mass is 10.2. The number of H-pyrrole nitrogens is 1. The Hall–Kier alpha value is -2.34. The average Bonchev–Trinajstić information content (AvgIpc) is 2.70. The summed E-state index contributed by atoms with van der Waals surface area (Å²) in [6, 6.07) is 3.34. The van der Waals surface area contributed by atoms with E-state index in [1.807, 2.05) is 0 Å². The molecular formula is C13H10ClFN2O3. The molecule has 0 unspecified atom stereocenters. The summed E-state index contributed by atoms with van der Waals surface area (Å²) in [5.74, 6) is -2.34. The molecule has 20 heavy (non-hydrogen) atoms. The standard InChI is InChI=1S/C13H10ClFN2O3/c1-6-11(13(19)20)10(5-16-6)17-12(18)8-3-2-7(15)4-9(8)14/h2-5,16H,1H3,(H,17,18)(H,19,20). The number of halogens is 2. The van der Waals surface area contributed by atoms with Crippen LogP contribution in [0.5, 0.6) is 0 Å². The minimum absolute atomic E-state index is 0.0309. The van der Waals surface area contributed by atoms with Crippen molar-refractivity contribution in [1.82, 2.24) is 4.98 Å². The van der Waals surface area contributed by atoms with Gasteiger partial charge in [-0.2, -0.15) is 0 Å². The summed E-state index contributed by atoms with van der Waals surface area (Å²) in [6.45, 7) is 1.57. The van der Waals surface area contributed by atoms with E-state index in [2.05, 4.69) is 10.3 Å². The number of aromatic amines is 1. The van der Waals surface area contributed by atoms with Gasteiger partial charge in [0.1, 0.15) is 11.4 Å². The van der Waals surface area contributed by atoms with Gasteiger partial charge < -0.3 is 15.4 Å². The number of carbonyl (C=O) groups excluding carboxylic acids is 1. The van der Waals surface area contributed by atoms with E-state index in [0.717, 1.165) is 12.1 Å². The first kappa shape index (κ1) is 14.1. The summed E-state index contributed by atoms with van der Waals surface area (Å²) < 4.78 is 12.9. The lowest BCUT2D eigenvalue weighted by Gasteiger charge is -2.06. The second kappa shape index (κ2) is 5.34. The van der Waals surface area contributed by atoms with Crippen LogP contribution in [0.1, 0.15) is 26.4 Å². The zero-order valence-corrected chi connectivity index (χ0v) is 11.1. The van der Waals surface area contributed by atoms with Crippen molar-refractivity contribution in [3.63, 3.8) is 0 Å². The fourth-order valence-corrected chi connectivity index (χ4v) is 2.02. The Labute approximate surface area is 118 Å². The van der Waals surface area contributed by atoms with Gasteiger partial charge in [-0.15, -0.1) is 0 Å². The van der Waals surface area contributed by atoms with E-state index in [0.29, 0.717) is 5.69 Å². The Morgan fingerprint density at radius 3 is 2.70 bits per heavy atom. The van der Waals surface area contributed by atoms with Gasteiger partial charge in [-0.1, -0.05) is 11.6 Å². The lowest BCUT2D eigenvalue weighted by Crippen LogP contribution is -2.14. The van der Waals surface area contributed by atoms with Crippen LogP contribution < -0.4 is 5.32 Å². The maximum Gasteiger partial charge on any atom is 0.339 e. The zero-order chi connectivity index (χ0) is 14.9. The molecule has 0 saturated carbocycles. The molecule has 1 amide bonds. The number of aromatic nitrogens is 1. The third kappa shape index (κ3) is 2.65. The fraction of sp³-hybridized carbons (Fsp3) is 0.0769. The summed E-state index contributed by atoms with van der Waals surface area (Å²) >= 11 is 5.77. The monoisotopic (exact) mass is 296 g/mol. The number of rotatable bonds is 3. The predicted molar refractivity (Wildman–Crippen MR) is 71.9 cm³/mol. The number of hydrogen-bond acceptors (Lipinski definition) is 2. The number of anilines is 1. The lowest BCUT2D eigenvalue weighted by molar-refractivity contribution is 0.0697. The second-order valence-electron chi connectivity index (χ2n) is 4.09. The molecule has 0 bridgehead atoms. The minimum Gasteiger partial charge on any atom is -0.478 e. The van der Waals surface area contributed by atoms with Gasteiger partial charge in [0.15, 0.2) is 0 Å². The molecule has 0 aliphatic heterocycles. The average molecular weight is 297 g/mol.